The van der Waals surface area contributed by atoms with Crippen LogP contribution in [0.25, 0.3) is 11.1 Å². The second-order valence-corrected chi connectivity index (χ2v) is 6.16. The molecule has 0 radical (unpaired) electrons. The van der Waals surface area contributed by atoms with Crippen LogP contribution in [0.15, 0.2) is 15.5 Å². The van der Waals surface area contributed by atoms with Crippen molar-refractivity contribution in [1.82, 2.24) is 14.5 Å². The molecule has 7 heteroatoms. The molecule has 2 aromatic heterocycles. The van der Waals surface area contributed by atoms with Gasteiger partial charge in [0.15, 0.2) is 0 Å². The second kappa shape index (κ2) is 7.17. The molecule has 0 aliphatic carbocycles. The molecule has 1 amide bonds. The second-order valence-electron chi connectivity index (χ2n) is 6.16. The summed E-state index contributed by atoms with van der Waals surface area (Å²) in [5, 5.41) is 0.294. The molecule has 3 rings (SSSR count). The highest BCUT2D eigenvalue weighted by molar-refractivity contribution is 6.06. The maximum atomic E-state index is 12.9. The van der Waals surface area contributed by atoms with E-state index in [1.54, 1.807) is 14.0 Å². The zero-order valence-electron chi connectivity index (χ0n) is 14.2. The van der Waals surface area contributed by atoms with Crippen LogP contribution in [0, 0.1) is 6.92 Å². The summed E-state index contributed by atoms with van der Waals surface area (Å²) < 4.78 is 12.1. The molecular formula is C17H23N3O4. The van der Waals surface area contributed by atoms with Gasteiger partial charge in [-0.25, -0.2) is 4.98 Å². The summed E-state index contributed by atoms with van der Waals surface area (Å²) in [5.41, 5.74) is 0.375. The van der Waals surface area contributed by atoms with Crippen LogP contribution >= 0.6 is 0 Å². The van der Waals surface area contributed by atoms with Crippen LogP contribution in [0.1, 0.15) is 41.8 Å². The summed E-state index contributed by atoms with van der Waals surface area (Å²) >= 11 is 0. The van der Waals surface area contributed by atoms with Crippen molar-refractivity contribution in [3.8, 4) is 0 Å². The van der Waals surface area contributed by atoms with Gasteiger partial charge in [-0.3, -0.25) is 14.2 Å². The minimum absolute atomic E-state index is 0.125. The molecule has 0 spiro atoms. The summed E-state index contributed by atoms with van der Waals surface area (Å²) in [7, 11) is 1.62. The Hall–Kier alpha value is -2.15. The third-order valence-electron chi connectivity index (χ3n) is 4.46. The number of nitrogens with zero attached hydrogens (tertiary/aromatic N) is 3. The van der Waals surface area contributed by atoms with Crippen molar-refractivity contribution >= 4 is 17.0 Å². The van der Waals surface area contributed by atoms with Gasteiger partial charge >= 0.3 is 0 Å². The number of fused-ring (bicyclic) bond motifs is 1. The summed E-state index contributed by atoms with van der Waals surface area (Å²) in [4.78, 5) is 31.7. The number of aryl methyl sites for hydroxylation is 2. The van der Waals surface area contributed by atoms with E-state index in [1.807, 2.05) is 4.90 Å². The van der Waals surface area contributed by atoms with Gasteiger partial charge in [0.05, 0.1) is 5.56 Å². The van der Waals surface area contributed by atoms with Crippen LogP contribution in [0.3, 0.4) is 0 Å². The first-order chi connectivity index (χ1) is 11.6. The lowest BCUT2D eigenvalue weighted by atomic mass is 10.1. The first-order valence-corrected chi connectivity index (χ1v) is 8.40. The number of amides is 1. The Morgan fingerprint density at radius 2 is 2.08 bits per heavy atom. The smallest absolute Gasteiger partial charge is 0.265 e. The van der Waals surface area contributed by atoms with Crippen molar-refractivity contribution in [2.24, 2.45) is 0 Å². The van der Waals surface area contributed by atoms with Gasteiger partial charge in [-0.15, -0.1) is 0 Å². The van der Waals surface area contributed by atoms with Crippen molar-refractivity contribution in [1.29, 1.82) is 0 Å². The monoisotopic (exact) mass is 333 g/mol. The molecule has 1 fully saturated rings. The zero-order chi connectivity index (χ0) is 17.1. The molecule has 0 N–H and O–H groups in total. The molecule has 0 atom stereocenters. The van der Waals surface area contributed by atoms with Crippen LogP contribution in [0.5, 0.6) is 0 Å². The molecule has 2 aromatic rings. The number of carbonyl (C=O) groups is 1. The van der Waals surface area contributed by atoms with Crippen LogP contribution < -0.4 is 5.56 Å². The van der Waals surface area contributed by atoms with E-state index in [2.05, 4.69) is 4.98 Å². The third-order valence-corrected chi connectivity index (χ3v) is 4.46. The highest BCUT2D eigenvalue weighted by Crippen LogP contribution is 2.24. The topological polar surface area (TPSA) is 77.6 Å². The van der Waals surface area contributed by atoms with Gasteiger partial charge in [-0.1, -0.05) is 0 Å². The molecule has 1 saturated heterocycles. The van der Waals surface area contributed by atoms with Crippen LogP contribution in [0.2, 0.25) is 0 Å². The lowest BCUT2D eigenvalue weighted by Crippen LogP contribution is -2.36. The van der Waals surface area contributed by atoms with Crippen LogP contribution in [-0.4, -0.2) is 47.2 Å². The summed E-state index contributed by atoms with van der Waals surface area (Å²) in [6, 6.07) is 0. The maximum Gasteiger partial charge on any atom is 0.265 e. The molecule has 24 heavy (non-hydrogen) atoms. The zero-order valence-corrected chi connectivity index (χ0v) is 14.2. The van der Waals surface area contributed by atoms with Gasteiger partial charge in [0, 0.05) is 33.4 Å². The molecule has 130 valence electrons. The lowest BCUT2D eigenvalue weighted by molar-refractivity contribution is 0.0724. The predicted octanol–water partition coefficient (Wildman–Crippen LogP) is 1.96. The normalized spacial score (nSPS) is 15.2. The quantitative estimate of drug-likeness (QED) is 0.782. The fourth-order valence-corrected chi connectivity index (χ4v) is 3.19. The minimum atomic E-state index is -0.228. The molecular weight excluding hydrogens is 310 g/mol. The van der Waals surface area contributed by atoms with Gasteiger partial charge in [0.1, 0.15) is 17.5 Å². The number of furan rings is 1. The maximum absolute atomic E-state index is 12.9. The number of carbonyl (C=O) groups excluding carboxylic acids is 1. The first-order valence-electron chi connectivity index (χ1n) is 8.40. The van der Waals surface area contributed by atoms with Crippen molar-refractivity contribution in [3.05, 3.63) is 28.0 Å². The Morgan fingerprint density at radius 3 is 2.79 bits per heavy atom. The van der Waals surface area contributed by atoms with Crippen molar-refractivity contribution in [2.75, 3.05) is 26.8 Å². The van der Waals surface area contributed by atoms with E-state index in [-0.39, 0.29) is 17.2 Å². The van der Waals surface area contributed by atoms with E-state index in [4.69, 9.17) is 9.15 Å². The number of methoxy groups -OCH3 is 1. The van der Waals surface area contributed by atoms with Gasteiger partial charge < -0.3 is 14.1 Å². The first kappa shape index (κ1) is 16.7. The number of hydrogen-bond acceptors (Lipinski definition) is 5. The predicted molar refractivity (Wildman–Crippen MR) is 89.3 cm³/mol. The van der Waals surface area contributed by atoms with E-state index in [1.165, 1.54) is 10.9 Å². The molecule has 1 aliphatic rings. The molecule has 7 nitrogen and oxygen atoms in total. The highest BCUT2D eigenvalue weighted by atomic mass is 16.5. The Labute approximate surface area is 140 Å². The molecule has 0 unspecified atom stereocenters. The number of aromatic nitrogens is 2. The number of ether oxygens (including phenoxy) is 1. The Balaban J connectivity index is 2.00. The van der Waals surface area contributed by atoms with E-state index in [9.17, 15) is 9.59 Å². The van der Waals surface area contributed by atoms with Crippen molar-refractivity contribution in [2.45, 2.75) is 39.2 Å². The number of hydrogen-bond donors (Lipinski definition) is 0. The lowest BCUT2D eigenvalue weighted by Gasteiger charge is -2.26. The third kappa shape index (κ3) is 3.08. The van der Waals surface area contributed by atoms with Gasteiger partial charge in [-0.2, -0.15) is 0 Å². The molecule has 0 saturated carbocycles. The Bertz CT molecular complexity index is 787. The fraction of sp³-hybridized carbons (Fsp3) is 0.588. The van der Waals surface area contributed by atoms with Gasteiger partial charge in [-0.05, 0) is 32.6 Å². The van der Waals surface area contributed by atoms with Crippen molar-refractivity contribution < 1.29 is 13.9 Å². The van der Waals surface area contributed by atoms with E-state index in [0.29, 0.717) is 36.3 Å². The molecule has 1 aliphatic heterocycles. The van der Waals surface area contributed by atoms with E-state index < -0.39 is 0 Å². The standard InChI is InChI=1S/C17H23N3O4/c1-12-13(16(21)19-7-4-3-5-8-19)14-15(24-12)18-11-20(17(14)22)9-6-10-23-2/h11H,3-10H2,1-2H3. The number of rotatable bonds is 5. The molecule has 0 aromatic carbocycles. The van der Waals surface area contributed by atoms with Gasteiger partial charge in [0.25, 0.3) is 11.5 Å². The van der Waals surface area contributed by atoms with Gasteiger partial charge in [0.2, 0.25) is 5.71 Å². The Morgan fingerprint density at radius 1 is 1.33 bits per heavy atom. The fourth-order valence-electron chi connectivity index (χ4n) is 3.19. The van der Waals surface area contributed by atoms with E-state index in [0.717, 1.165) is 32.4 Å². The largest absolute Gasteiger partial charge is 0.442 e. The van der Waals surface area contributed by atoms with Crippen LogP contribution in [-0.2, 0) is 11.3 Å². The van der Waals surface area contributed by atoms with Crippen molar-refractivity contribution in [3.63, 3.8) is 0 Å². The SMILES string of the molecule is COCCCn1cnc2oc(C)c(C(=O)N3CCCCC3)c2c1=O. The Kier molecular flexibility index (Phi) is 4.99. The highest BCUT2D eigenvalue weighted by Gasteiger charge is 2.27. The average Bonchev–Trinajstić information content (AvgIpc) is 2.94. The van der Waals surface area contributed by atoms with Crippen LogP contribution in [0.4, 0.5) is 0 Å². The summed E-state index contributed by atoms with van der Waals surface area (Å²) in [6.07, 6.45) is 5.32. The minimum Gasteiger partial charge on any atom is -0.442 e. The summed E-state index contributed by atoms with van der Waals surface area (Å²) in [5.74, 6) is 0.333. The van der Waals surface area contributed by atoms with E-state index >= 15 is 0 Å². The number of likely N-dealkylation sites (tertiary alicyclic amines) is 1. The summed E-state index contributed by atoms with van der Waals surface area (Å²) in [6.45, 7) is 4.24. The molecule has 0 bridgehead atoms. The number of piperidine rings is 1. The molecule has 3 heterocycles. The average molecular weight is 333 g/mol.